The summed E-state index contributed by atoms with van der Waals surface area (Å²) in [5.74, 6) is 0. The summed E-state index contributed by atoms with van der Waals surface area (Å²) in [5.41, 5.74) is 4.84. The second kappa shape index (κ2) is 2.65. The zero-order valence-corrected chi connectivity index (χ0v) is 6.13. The third kappa shape index (κ3) is 1.73. The highest BCUT2D eigenvalue weighted by Gasteiger charge is 2.25. The fourth-order valence-corrected chi connectivity index (χ4v) is 0.915. The van der Waals surface area contributed by atoms with Gasteiger partial charge >= 0.3 is 12.1 Å². The van der Waals surface area contributed by atoms with E-state index in [9.17, 15) is 9.59 Å². The Bertz CT molecular complexity index is 191. The number of hydrogen-bond donors (Lipinski definition) is 3. The number of nitrogens with one attached hydrogen (secondary N) is 2. The Hall–Kier alpha value is -1.46. The summed E-state index contributed by atoms with van der Waals surface area (Å²) in [6, 6.07) is -0.839. The average molecular weight is 158 g/mol. The number of carbonyl (C=O) groups is 2. The van der Waals surface area contributed by atoms with Gasteiger partial charge in [-0.15, -0.1) is 0 Å². The van der Waals surface area contributed by atoms with Crippen LogP contribution in [-0.2, 0) is 0 Å². The van der Waals surface area contributed by atoms with Gasteiger partial charge in [0.1, 0.15) is 6.17 Å². The van der Waals surface area contributed by atoms with Gasteiger partial charge in [-0.05, 0) is 0 Å². The molecule has 1 fully saturated rings. The highest BCUT2D eigenvalue weighted by atomic mass is 16.2. The fourth-order valence-electron chi connectivity index (χ4n) is 0.915. The molecule has 62 valence electrons. The summed E-state index contributed by atoms with van der Waals surface area (Å²) in [6.07, 6.45) is -0.356. The van der Waals surface area contributed by atoms with Gasteiger partial charge < -0.3 is 21.3 Å². The van der Waals surface area contributed by atoms with Crippen LogP contribution in [0.1, 0.15) is 0 Å². The van der Waals surface area contributed by atoms with Crippen LogP contribution in [0.15, 0.2) is 0 Å². The first kappa shape index (κ1) is 7.64. The van der Waals surface area contributed by atoms with E-state index in [0.717, 1.165) is 0 Å². The van der Waals surface area contributed by atoms with E-state index in [1.54, 1.807) is 7.05 Å². The van der Waals surface area contributed by atoms with E-state index in [4.69, 9.17) is 5.73 Å². The third-order valence-corrected chi connectivity index (χ3v) is 1.42. The van der Waals surface area contributed by atoms with E-state index in [1.165, 1.54) is 4.90 Å². The summed E-state index contributed by atoms with van der Waals surface area (Å²) in [4.78, 5) is 22.6. The monoisotopic (exact) mass is 158 g/mol. The molecule has 0 bridgehead atoms. The van der Waals surface area contributed by atoms with E-state index in [0.29, 0.717) is 6.54 Å². The molecule has 0 aromatic carbocycles. The second-order valence-corrected chi connectivity index (χ2v) is 2.39. The van der Waals surface area contributed by atoms with Gasteiger partial charge in [-0.25, -0.2) is 9.59 Å². The van der Waals surface area contributed by atoms with Gasteiger partial charge in [-0.3, -0.25) is 0 Å². The average Bonchev–Trinajstić information content (AvgIpc) is 2.10. The van der Waals surface area contributed by atoms with Crippen molar-refractivity contribution >= 4 is 12.1 Å². The molecule has 1 heterocycles. The van der Waals surface area contributed by atoms with Crippen LogP contribution in [0.4, 0.5) is 9.59 Å². The Morgan fingerprint density at radius 3 is 2.91 bits per heavy atom. The summed E-state index contributed by atoms with van der Waals surface area (Å²) < 4.78 is 0. The number of primary amides is 1. The van der Waals surface area contributed by atoms with Crippen molar-refractivity contribution in [3.8, 4) is 0 Å². The molecule has 1 rings (SSSR count). The van der Waals surface area contributed by atoms with Crippen LogP contribution in [0.25, 0.3) is 0 Å². The van der Waals surface area contributed by atoms with Crippen molar-refractivity contribution in [3.05, 3.63) is 0 Å². The van der Waals surface area contributed by atoms with E-state index in [2.05, 4.69) is 10.6 Å². The largest absolute Gasteiger partial charge is 0.352 e. The Morgan fingerprint density at radius 1 is 1.91 bits per heavy atom. The quantitative estimate of drug-likeness (QED) is 0.440. The third-order valence-electron chi connectivity index (χ3n) is 1.42. The first-order chi connectivity index (χ1) is 5.09. The van der Waals surface area contributed by atoms with Crippen LogP contribution in [0.5, 0.6) is 0 Å². The first-order valence-corrected chi connectivity index (χ1v) is 3.17. The molecule has 1 atom stereocenters. The molecular weight excluding hydrogens is 148 g/mol. The molecule has 1 aliphatic rings. The number of carbonyl (C=O) groups excluding carboxylic acids is 2. The van der Waals surface area contributed by atoms with E-state index in [1.807, 2.05) is 0 Å². The van der Waals surface area contributed by atoms with Crippen molar-refractivity contribution in [2.75, 3.05) is 13.6 Å². The minimum atomic E-state index is -0.634. The summed E-state index contributed by atoms with van der Waals surface area (Å²) in [7, 11) is 1.64. The normalized spacial score (nSPS) is 23.2. The van der Waals surface area contributed by atoms with Crippen molar-refractivity contribution < 1.29 is 9.59 Å². The topological polar surface area (TPSA) is 87.5 Å². The Balaban J connectivity index is 2.41. The molecule has 6 heteroatoms. The predicted molar refractivity (Wildman–Crippen MR) is 37.7 cm³/mol. The number of amides is 4. The summed E-state index contributed by atoms with van der Waals surface area (Å²) in [5, 5.41) is 4.88. The molecule has 4 N–H and O–H groups in total. The van der Waals surface area contributed by atoms with Gasteiger partial charge in [0.2, 0.25) is 0 Å². The first-order valence-electron chi connectivity index (χ1n) is 3.17. The molecule has 0 saturated carbocycles. The number of rotatable bonds is 1. The van der Waals surface area contributed by atoms with Crippen LogP contribution in [0.3, 0.4) is 0 Å². The molecule has 1 saturated heterocycles. The van der Waals surface area contributed by atoms with Crippen molar-refractivity contribution in [2.45, 2.75) is 6.17 Å². The lowest BCUT2D eigenvalue weighted by Gasteiger charge is -2.08. The SMILES string of the molecule is CN1CC(NC(N)=O)NC1=O. The van der Waals surface area contributed by atoms with Crippen LogP contribution in [0.2, 0.25) is 0 Å². The van der Waals surface area contributed by atoms with Crippen molar-refractivity contribution in [1.29, 1.82) is 0 Å². The van der Waals surface area contributed by atoms with Crippen LogP contribution >= 0.6 is 0 Å². The number of hydrogen-bond acceptors (Lipinski definition) is 2. The van der Waals surface area contributed by atoms with Crippen molar-refractivity contribution in [3.63, 3.8) is 0 Å². The maximum Gasteiger partial charge on any atom is 0.318 e. The smallest absolute Gasteiger partial charge is 0.318 e. The Kier molecular flexibility index (Phi) is 1.84. The summed E-state index contributed by atoms with van der Waals surface area (Å²) >= 11 is 0. The van der Waals surface area contributed by atoms with Gasteiger partial charge in [0.05, 0.1) is 6.54 Å². The maximum absolute atomic E-state index is 10.8. The lowest BCUT2D eigenvalue weighted by molar-refractivity contribution is 0.226. The minimum absolute atomic E-state index is 0.205. The minimum Gasteiger partial charge on any atom is -0.352 e. The van der Waals surface area contributed by atoms with E-state index >= 15 is 0 Å². The van der Waals surface area contributed by atoms with Gasteiger partial charge in [0, 0.05) is 7.05 Å². The second-order valence-electron chi connectivity index (χ2n) is 2.39. The van der Waals surface area contributed by atoms with Gasteiger partial charge in [0.25, 0.3) is 0 Å². The summed E-state index contributed by atoms with van der Waals surface area (Å²) in [6.45, 7) is 0.446. The van der Waals surface area contributed by atoms with E-state index in [-0.39, 0.29) is 12.2 Å². The van der Waals surface area contributed by atoms with Crippen LogP contribution < -0.4 is 16.4 Å². The van der Waals surface area contributed by atoms with Gasteiger partial charge in [-0.1, -0.05) is 0 Å². The molecule has 0 radical (unpaired) electrons. The Morgan fingerprint density at radius 2 is 2.55 bits per heavy atom. The highest BCUT2D eigenvalue weighted by Crippen LogP contribution is 1.96. The number of urea groups is 2. The van der Waals surface area contributed by atoms with E-state index < -0.39 is 6.03 Å². The molecule has 6 nitrogen and oxygen atoms in total. The molecule has 0 aromatic heterocycles. The molecular formula is C5H10N4O2. The molecule has 4 amide bonds. The lowest BCUT2D eigenvalue weighted by Crippen LogP contribution is -2.46. The predicted octanol–water partition coefficient (Wildman–Crippen LogP) is -1.36. The maximum atomic E-state index is 10.8. The van der Waals surface area contributed by atoms with Gasteiger partial charge in [0.15, 0.2) is 0 Å². The Labute approximate surface area is 63.7 Å². The number of likely N-dealkylation sites (N-methyl/N-ethyl adjacent to an activating group) is 1. The zero-order chi connectivity index (χ0) is 8.43. The van der Waals surface area contributed by atoms with Gasteiger partial charge in [-0.2, -0.15) is 0 Å². The van der Waals surface area contributed by atoms with Crippen LogP contribution in [-0.4, -0.2) is 36.7 Å². The number of nitrogens with two attached hydrogens (primary N) is 1. The molecule has 0 spiro atoms. The van der Waals surface area contributed by atoms with Crippen LogP contribution in [0, 0.1) is 0 Å². The molecule has 1 unspecified atom stereocenters. The molecule has 1 aliphatic heterocycles. The van der Waals surface area contributed by atoms with Crippen molar-refractivity contribution in [2.24, 2.45) is 5.73 Å². The highest BCUT2D eigenvalue weighted by molar-refractivity contribution is 5.78. The standard InChI is InChI=1S/C5H10N4O2/c1-9-2-3(7-4(6)10)8-5(9)11/h3H,2H2,1H3,(H,8,11)(H3,6,7,10). The molecule has 0 aromatic rings. The fraction of sp³-hybridized carbons (Fsp3) is 0.600. The zero-order valence-electron chi connectivity index (χ0n) is 6.13. The number of nitrogens with zero attached hydrogens (tertiary/aromatic N) is 1. The lowest BCUT2D eigenvalue weighted by atomic mass is 10.5. The molecule has 0 aliphatic carbocycles. The van der Waals surface area contributed by atoms with Crippen molar-refractivity contribution in [1.82, 2.24) is 15.5 Å². The molecule has 11 heavy (non-hydrogen) atoms.